The number of amides is 3. The number of likely N-dealkylation sites (tertiary alicyclic amines) is 1. The minimum Gasteiger partial charge on any atom is -0.379 e. The number of fused-ring (bicyclic) bond motifs is 2. The molecule has 2 saturated heterocycles. The first kappa shape index (κ1) is 28.7. The van der Waals surface area contributed by atoms with Crippen molar-refractivity contribution in [3.63, 3.8) is 0 Å². The Kier molecular flexibility index (Phi) is 8.08. The molecular weight excluding hydrogens is 531 g/mol. The van der Waals surface area contributed by atoms with Gasteiger partial charge in [-0.1, -0.05) is 0 Å². The number of halogens is 3. The lowest BCUT2D eigenvalue weighted by Gasteiger charge is -2.37. The molecule has 0 aromatic carbocycles. The van der Waals surface area contributed by atoms with Crippen molar-refractivity contribution in [2.75, 3.05) is 46.5 Å². The van der Waals surface area contributed by atoms with Crippen LogP contribution in [-0.2, 0) is 43.0 Å². The van der Waals surface area contributed by atoms with Gasteiger partial charge < -0.3 is 29.9 Å². The highest BCUT2D eigenvalue weighted by Crippen LogP contribution is 2.50. The highest BCUT2D eigenvalue weighted by atomic mass is 19.4. The summed E-state index contributed by atoms with van der Waals surface area (Å²) in [4.78, 5) is 45.9. The Morgan fingerprint density at radius 2 is 2.08 bits per heavy atom. The summed E-state index contributed by atoms with van der Waals surface area (Å²) in [6.45, 7) is 3.28. The van der Waals surface area contributed by atoms with Crippen LogP contribution in [0.3, 0.4) is 0 Å². The zero-order chi connectivity index (χ0) is 28.7. The number of aromatic nitrogens is 1. The lowest BCUT2D eigenvalue weighted by molar-refractivity contribution is -0.144. The van der Waals surface area contributed by atoms with E-state index in [9.17, 15) is 27.6 Å². The van der Waals surface area contributed by atoms with Crippen molar-refractivity contribution < 1.29 is 37.0 Å². The molecule has 0 radical (unpaired) electrons. The number of hydrogen-bond acceptors (Lipinski definition) is 7. The van der Waals surface area contributed by atoms with E-state index in [1.807, 2.05) is 0 Å². The number of carbonyl (C=O) groups is 3. The van der Waals surface area contributed by atoms with Crippen LogP contribution in [0.2, 0.25) is 0 Å². The van der Waals surface area contributed by atoms with Gasteiger partial charge in [0.2, 0.25) is 17.7 Å². The molecule has 1 aromatic heterocycles. The monoisotopic (exact) mass is 567 g/mol. The fourth-order valence-electron chi connectivity index (χ4n) is 6.84. The predicted octanol–water partition coefficient (Wildman–Crippen LogP) is 1.12. The van der Waals surface area contributed by atoms with E-state index < -0.39 is 17.2 Å². The molecule has 40 heavy (non-hydrogen) atoms. The van der Waals surface area contributed by atoms with Crippen LogP contribution in [0.5, 0.6) is 0 Å². The summed E-state index contributed by atoms with van der Waals surface area (Å²) in [7, 11) is 1.65. The van der Waals surface area contributed by atoms with Gasteiger partial charge in [0, 0.05) is 77.2 Å². The zero-order valence-electron chi connectivity index (χ0n) is 22.8. The highest BCUT2D eigenvalue weighted by Gasteiger charge is 2.59. The molecule has 5 atom stereocenters. The second-order valence-corrected chi connectivity index (χ2v) is 11.4. The van der Waals surface area contributed by atoms with Gasteiger partial charge >= 0.3 is 6.18 Å². The van der Waals surface area contributed by atoms with Crippen molar-refractivity contribution in [2.24, 2.45) is 11.3 Å². The molecule has 3 fully saturated rings. The lowest BCUT2D eigenvalue weighted by Crippen LogP contribution is -2.52. The van der Waals surface area contributed by atoms with E-state index in [2.05, 4.69) is 15.6 Å². The minimum atomic E-state index is -4.52. The van der Waals surface area contributed by atoms with Crippen molar-refractivity contribution in [1.29, 1.82) is 0 Å². The molecule has 220 valence electrons. The van der Waals surface area contributed by atoms with Gasteiger partial charge in [-0.05, 0) is 36.8 Å². The van der Waals surface area contributed by atoms with Crippen LogP contribution < -0.4 is 10.6 Å². The number of ether oxygens (including phenoxy) is 2. The second-order valence-electron chi connectivity index (χ2n) is 11.4. The topological polar surface area (TPSA) is 113 Å². The Morgan fingerprint density at radius 1 is 1.27 bits per heavy atom. The Morgan fingerprint density at radius 3 is 2.80 bits per heavy atom. The third-order valence-corrected chi connectivity index (χ3v) is 8.85. The molecule has 4 heterocycles. The average Bonchev–Trinajstić information content (AvgIpc) is 3.45. The number of pyridine rings is 1. The van der Waals surface area contributed by atoms with Gasteiger partial charge in [0.15, 0.2) is 0 Å². The highest BCUT2D eigenvalue weighted by molar-refractivity contribution is 5.88. The Balaban J connectivity index is 1.36. The molecule has 0 spiro atoms. The Bertz CT molecular complexity index is 1150. The maximum absolute atomic E-state index is 14.3. The first-order chi connectivity index (χ1) is 19.0. The van der Waals surface area contributed by atoms with Gasteiger partial charge in [0.25, 0.3) is 0 Å². The molecule has 1 saturated carbocycles. The number of alkyl halides is 3. The van der Waals surface area contributed by atoms with Crippen molar-refractivity contribution in [2.45, 2.75) is 63.5 Å². The van der Waals surface area contributed by atoms with Crippen molar-refractivity contribution in [1.82, 2.24) is 25.4 Å². The summed E-state index contributed by atoms with van der Waals surface area (Å²) in [6, 6.07) is 1.17. The van der Waals surface area contributed by atoms with Crippen LogP contribution >= 0.6 is 0 Å². The number of methoxy groups -OCH3 is 1. The van der Waals surface area contributed by atoms with Crippen LogP contribution in [-0.4, -0.2) is 97.2 Å². The minimum absolute atomic E-state index is 0.0119. The molecule has 13 heteroatoms. The molecule has 4 aliphatic rings. The van der Waals surface area contributed by atoms with Gasteiger partial charge in [-0.25, -0.2) is 0 Å². The summed E-state index contributed by atoms with van der Waals surface area (Å²) in [5, 5.41) is 6.22. The molecule has 10 nitrogen and oxygen atoms in total. The normalized spacial score (nSPS) is 30.1. The number of nitrogens with one attached hydrogen (secondary N) is 2. The summed E-state index contributed by atoms with van der Waals surface area (Å²) in [5.74, 6) is -0.838. The Labute approximate surface area is 230 Å². The van der Waals surface area contributed by atoms with Crippen molar-refractivity contribution >= 4 is 17.7 Å². The number of nitrogens with zero attached hydrogens (tertiary/aromatic N) is 3. The molecule has 5 rings (SSSR count). The summed E-state index contributed by atoms with van der Waals surface area (Å²) >= 11 is 0. The maximum Gasteiger partial charge on any atom is 0.417 e. The number of rotatable bonds is 6. The van der Waals surface area contributed by atoms with Crippen LogP contribution in [0, 0.1) is 11.3 Å². The van der Waals surface area contributed by atoms with Crippen molar-refractivity contribution in [3.05, 3.63) is 29.1 Å². The SMILES string of the molecule is COC1COCCC1N[C@@H]1C[C@H]2CN(C(=O)CNC(C)=O)C[C@@]2(C(=O)N2CCc3ncc(C(F)(F)F)cc3C2)C1. The van der Waals surface area contributed by atoms with E-state index >= 15 is 0 Å². The first-order valence-corrected chi connectivity index (χ1v) is 13.7. The molecule has 3 amide bonds. The van der Waals surface area contributed by atoms with Crippen LogP contribution in [0.4, 0.5) is 13.2 Å². The maximum atomic E-state index is 14.3. The van der Waals surface area contributed by atoms with Crippen molar-refractivity contribution in [3.8, 4) is 0 Å². The molecule has 1 aliphatic carbocycles. The van der Waals surface area contributed by atoms with Gasteiger partial charge in [-0.2, -0.15) is 13.2 Å². The van der Waals surface area contributed by atoms with E-state index in [-0.39, 0.29) is 61.5 Å². The van der Waals surface area contributed by atoms with E-state index in [0.29, 0.717) is 56.8 Å². The molecule has 2 N–H and O–H groups in total. The van der Waals surface area contributed by atoms with Gasteiger partial charge in [0.1, 0.15) is 0 Å². The average molecular weight is 568 g/mol. The summed E-state index contributed by atoms with van der Waals surface area (Å²) in [6.07, 6.45) is -1.47. The standard InChI is InChI=1S/C27H36F3N5O5/c1-16(36)31-11-24(37)35-13-19-8-20(33-22-4-6-40-14-23(22)39-2)9-26(19,15-35)25(38)34-5-3-21-17(12-34)7-18(10-32-21)27(28,29)30/h7,10,19-20,22-23,33H,3-6,8-9,11-15H2,1-2H3,(H,31,36)/t19-,20+,22?,23?,26-/m0/s1. The van der Waals surface area contributed by atoms with Crippen LogP contribution in [0.1, 0.15) is 43.0 Å². The molecule has 2 unspecified atom stereocenters. The lowest BCUT2D eigenvalue weighted by atomic mass is 9.78. The van der Waals surface area contributed by atoms with E-state index in [0.717, 1.165) is 18.7 Å². The largest absolute Gasteiger partial charge is 0.417 e. The predicted molar refractivity (Wildman–Crippen MR) is 136 cm³/mol. The van der Waals surface area contributed by atoms with Gasteiger partial charge in [-0.15, -0.1) is 0 Å². The fraction of sp³-hybridized carbons (Fsp3) is 0.704. The van der Waals surface area contributed by atoms with Gasteiger partial charge in [0.05, 0.1) is 30.2 Å². The molecule has 0 bridgehead atoms. The smallest absolute Gasteiger partial charge is 0.379 e. The number of carbonyl (C=O) groups excluding carboxylic acids is 3. The quantitative estimate of drug-likeness (QED) is 0.530. The molecule has 1 aromatic rings. The Hall–Kier alpha value is -2.77. The van der Waals surface area contributed by atoms with E-state index in [4.69, 9.17) is 9.47 Å². The summed E-state index contributed by atoms with van der Waals surface area (Å²) < 4.78 is 51.2. The molecule has 3 aliphatic heterocycles. The third-order valence-electron chi connectivity index (χ3n) is 8.85. The molecular formula is C27H36F3N5O5. The van der Waals surface area contributed by atoms with E-state index in [1.54, 1.807) is 16.9 Å². The summed E-state index contributed by atoms with van der Waals surface area (Å²) in [5.41, 5.74) is -0.733. The van der Waals surface area contributed by atoms with Crippen LogP contribution in [0.15, 0.2) is 12.3 Å². The number of hydrogen-bond donors (Lipinski definition) is 2. The zero-order valence-corrected chi connectivity index (χ0v) is 22.8. The van der Waals surface area contributed by atoms with E-state index in [1.165, 1.54) is 6.92 Å². The van der Waals surface area contributed by atoms with Gasteiger partial charge in [-0.3, -0.25) is 19.4 Å². The second kappa shape index (κ2) is 11.2. The third kappa shape index (κ3) is 5.68. The first-order valence-electron chi connectivity index (χ1n) is 13.7. The fourth-order valence-corrected chi connectivity index (χ4v) is 6.84. The van der Waals surface area contributed by atoms with Crippen LogP contribution in [0.25, 0.3) is 0 Å².